The average molecular weight is 667 g/mol. The lowest BCUT2D eigenvalue weighted by molar-refractivity contribution is 1.19. The minimum Gasteiger partial charge on any atom is -0.228 e. The minimum absolute atomic E-state index is 0.714. The molecule has 0 atom stereocenters. The Labute approximate surface area is 300 Å². The van der Waals surface area contributed by atoms with E-state index in [1.807, 2.05) is 17.4 Å². The summed E-state index contributed by atoms with van der Waals surface area (Å²) in [6.07, 6.45) is 0. The van der Waals surface area contributed by atoms with Crippen molar-refractivity contribution in [2.24, 2.45) is 0 Å². The van der Waals surface area contributed by atoms with Crippen LogP contribution in [0.4, 0.5) is 0 Å². The van der Waals surface area contributed by atoms with E-state index in [-0.39, 0.29) is 0 Å². The van der Waals surface area contributed by atoms with E-state index in [9.17, 15) is 0 Å². The number of hydrogen-bond acceptors (Lipinski definition) is 3. The van der Waals surface area contributed by atoms with Crippen LogP contribution in [0.25, 0.3) is 97.9 Å². The minimum atomic E-state index is 0.714. The molecule has 10 aromatic rings. The maximum absolute atomic E-state index is 5.35. The van der Waals surface area contributed by atoms with Crippen molar-refractivity contribution in [1.29, 1.82) is 0 Å². The van der Waals surface area contributed by atoms with Gasteiger partial charge < -0.3 is 0 Å². The Morgan fingerprint density at radius 3 is 1.67 bits per heavy atom. The molecule has 10 rings (SSSR count). The summed E-state index contributed by atoms with van der Waals surface area (Å²) in [4.78, 5) is 10.6. The zero-order valence-electron chi connectivity index (χ0n) is 27.6. The third-order valence-electron chi connectivity index (χ3n) is 9.87. The fourth-order valence-corrected chi connectivity index (χ4v) is 8.46. The molecule has 238 valence electrons. The van der Waals surface area contributed by atoms with Gasteiger partial charge in [-0.2, -0.15) is 0 Å². The number of thiophene rings is 1. The summed E-state index contributed by atoms with van der Waals surface area (Å²) in [5, 5.41) is 7.34. The van der Waals surface area contributed by atoms with Gasteiger partial charge in [0.15, 0.2) is 5.82 Å². The molecule has 2 heterocycles. The molecule has 0 spiro atoms. The van der Waals surface area contributed by atoms with Crippen LogP contribution < -0.4 is 0 Å². The first kappa shape index (κ1) is 29.5. The second kappa shape index (κ2) is 12.2. The molecule has 2 nitrogen and oxygen atoms in total. The Morgan fingerprint density at radius 1 is 0.314 bits per heavy atom. The van der Waals surface area contributed by atoms with E-state index in [1.165, 1.54) is 47.5 Å². The summed E-state index contributed by atoms with van der Waals surface area (Å²) >= 11 is 1.85. The van der Waals surface area contributed by atoms with Crippen LogP contribution in [0.2, 0.25) is 0 Å². The second-order valence-electron chi connectivity index (χ2n) is 13.0. The Balaban J connectivity index is 1.24. The SMILES string of the molecule is c1ccc(-c2cc(-c3cc(-c4ccc5sc6ccccc6c5c4)cc(-c4cccc5ccccc45)c3)nc(-c3cccc4ccccc34)n2)cc1. The lowest BCUT2D eigenvalue weighted by atomic mass is 9.91. The first-order valence-electron chi connectivity index (χ1n) is 17.2. The van der Waals surface area contributed by atoms with Crippen LogP contribution in [0.3, 0.4) is 0 Å². The van der Waals surface area contributed by atoms with Crippen LogP contribution in [0.5, 0.6) is 0 Å². The van der Waals surface area contributed by atoms with E-state index in [1.54, 1.807) is 0 Å². The molecule has 0 aliphatic rings. The zero-order valence-corrected chi connectivity index (χ0v) is 28.4. The van der Waals surface area contributed by atoms with Crippen molar-refractivity contribution in [3.8, 4) is 56.2 Å². The molecule has 0 aliphatic heterocycles. The van der Waals surface area contributed by atoms with E-state index in [2.05, 4.69) is 176 Å². The van der Waals surface area contributed by atoms with E-state index in [4.69, 9.17) is 9.97 Å². The third-order valence-corrected chi connectivity index (χ3v) is 11.0. The molecule has 0 fully saturated rings. The van der Waals surface area contributed by atoms with Crippen molar-refractivity contribution in [3.05, 3.63) is 182 Å². The highest BCUT2D eigenvalue weighted by Crippen LogP contribution is 2.40. The Bertz CT molecular complexity index is 2910. The molecule has 0 radical (unpaired) electrons. The predicted octanol–water partition coefficient (Wildman–Crippen LogP) is 13.5. The van der Waals surface area contributed by atoms with Crippen LogP contribution >= 0.6 is 11.3 Å². The fraction of sp³-hybridized carbons (Fsp3) is 0. The normalized spacial score (nSPS) is 11.5. The number of benzene rings is 8. The monoisotopic (exact) mass is 666 g/mol. The second-order valence-corrected chi connectivity index (χ2v) is 14.1. The Kier molecular flexibility index (Phi) is 7.04. The highest BCUT2D eigenvalue weighted by molar-refractivity contribution is 7.25. The molecule has 0 bridgehead atoms. The first-order chi connectivity index (χ1) is 25.2. The molecule has 51 heavy (non-hydrogen) atoms. The maximum Gasteiger partial charge on any atom is 0.161 e. The van der Waals surface area contributed by atoms with E-state index < -0.39 is 0 Å². The van der Waals surface area contributed by atoms with Gasteiger partial charge in [-0.05, 0) is 86.3 Å². The molecule has 2 aromatic heterocycles. The summed E-state index contributed by atoms with van der Waals surface area (Å²) in [5.74, 6) is 0.714. The van der Waals surface area contributed by atoms with Crippen LogP contribution in [-0.2, 0) is 0 Å². The molecule has 0 amide bonds. The summed E-state index contributed by atoms with van der Waals surface area (Å²) < 4.78 is 2.61. The number of rotatable bonds is 5. The summed E-state index contributed by atoms with van der Waals surface area (Å²) in [5.41, 5.74) is 9.59. The summed E-state index contributed by atoms with van der Waals surface area (Å²) in [6.45, 7) is 0. The smallest absolute Gasteiger partial charge is 0.161 e. The summed E-state index contributed by atoms with van der Waals surface area (Å²) in [7, 11) is 0. The van der Waals surface area contributed by atoms with Crippen LogP contribution in [0.1, 0.15) is 0 Å². The zero-order chi connectivity index (χ0) is 33.7. The lowest BCUT2D eigenvalue weighted by Gasteiger charge is -2.15. The highest BCUT2D eigenvalue weighted by Gasteiger charge is 2.16. The van der Waals surface area contributed by atoms with Crippen molar-refractivity contribution in [3.63, 3.8) is 0 Å². The van der Waals surface area contributed by atoms with Gasteiger partial charge in [0.25, 0.3) is 0 Å². The lowest BCUT2D eigenvalue weighted by Crippen LogP contribution is -1.97. The van der Waals surface area contributed by atoms with Gasteiger partial charge in [0.1, 0.15) is 0 Å². The molecule has 0 N–H and O–H groups in total. The van der Waals surface area contributed by atoms with Crippen molar-refractivity contribution in [2.45, 2.75) is 0 Å². The Morgan fingerprint density at radius 2 is 0.882 bits per heavy atom. The number of hydrogen-bond donors (Lipinski definition) is 0. The van der Waals surface area contributed by atoms with Gasteiger partial charge in [0, 0.05) is 36.9 Å². The molecule has 0 saturated heterocycles. The van der Waals surface area contributed by atoms with Gasteiger partial charge in [0.2, 0.25) is 0 Å². The van der Waals surface area contributed by atoms with Crippen molar-refractivity contribution < 1.29 is 0 Å². The molecule has 3 heteroatoms. The van der Waals surface area contributed by atoms with E-state index in [0.29, 0.717) is 5.82 Å². The highest BCUT2D eigenvalue weighted by atomic mass is 32.1. The average Bonchev–Trinajstić information content (AvgIpc) is 3.58. The third kappa shape index (κ3) is 5.27. The van der Waals surface area contributed by atoms with Gasteiger partial charge in [0.05, 0.1) is 11.4 Å². The predicted molar refractivity (Wildman–Crippen MR) is 217 cm³/mol. The van der Waals surface area contributed by atoms with Crippen LogP contribution in [0.15, 0.2) is 182 Å². The van der Waals surface area contributed by atoms with Gasteiger partial charge in [-0.3, -0.25) is 0 Å². The van der Waals surface area contributed by atoms with Gasteiger partial charge in [-0.15, -0.1) is 11.3 Å². The van der Waals surface area contributed by atoms with E-state index in [0.717, 1.165) is 44.6 Å². The number of fused-ring (bicyclic) bond motifs is 5. The molecule has 0 saturated carbocycles. The number of nitrogens with zero attached hydrogens (tertiary/aromatic N) is 2. The largest absolute Gasteiger partial charge is 0.228 e. The molecule has 0 aliphatic carbocycles. The topological polar surface area (TPSA) is 25.8 Å². The standard InChI is InChI=1S/C48H30N2S/c1-2-14-33(15-3-1)44-30-45(50-48(49-44)42-22-11-17-32-13-5-7-19-39(32)42)37-27-35(26-36(28-37)40-21-10-16-31-12-4-6-18-38(31)40)34-24-25-47-43(29-34)41-20-8-9-23-46(41)51-47/h1-30H. The van der Waals surface area contributed by atoms with Gasteiger partial charge in [-0.1, -0.05) is 140 Å². The van der Waals surface area contributed by atoms with Crippen molar-refractivity contribution in [2.75, 3.05) is 0 Å². The summed E-state index contributed by atoms with van der Waals surface area (Å²) in [6, 6.07) is 65.2. The molecule has 8 aromatic carbocycles. The first-order valence-corrected chi connectivity index (χ1v) is 18.0. The Hall–Kier alpha value is -6.42. The molecular formula is C48H30N2S. The van der Waals surface area contributed by atoms with E-state index >= 15 is 0 Å². The quantitative estimate of drug-likeness (QED) is 0.183. The van der Waals surface area contributed by atoms with Gasteiger partial charge >= 0.3 is 0 Å². The van der Waals surface area contributed by atoms with Crippen molar-refractivity contribution in [1.82, 2.24) is 9.97 Å². The van der Waals surface area contributed by atoms with Gasteiger partial charge in [-0.25, -0.2) is 9.97 Å². The molecular weight excluding hydrogens is 637 g/mol. The van der Waals surface area contributed by atoms with Crippen molar-refractivity contribution >= 4 is 53.1 Å². The van der Waals surface area contributed by atoms with Crippen LogP contribution in [-0.4, -0.2) is 9.97 Å². The molecule has 0 unspecified atom stereocenters. The fourth-order valence-electron chi connectivity index (χ4n) is 7.37. The number of aromatic nitrogens is 2. The maximum atomic E-state index is 5.35. The van der Waals surface area contributed by atoms with Crippen LogP contribution in [0, 0.1) is 0 Å².